The molecule has 0 aliphatic rings. The first-order chi connectivity index (χ1) is 14.9. The molecule has 0 saturated carbocycles. The summed E-state index contributed by atoms with van der Waals surface area (Å²) in [5.74, 6) is -0.890. The number of amides is 2. The van der Waals surface area contributed by atoms with Crippen molar-refractivity contribution < 1.29 is 9.59 Å². The Morgan fingerprint density at radius 2 is 2.03 bits per heavy atom. The van der Waals surface area contributed by atoms with Gasteiger partial charge in [-0.1, -0.05) is 23.7 Å². The van der Waals surface area contributed by atoms with Crippen molar-refractivity contribution in [3.63, 3.8) is 0 Å². The van der Waals surface area contributed by atoms with E-state index in [1.165, 1.54) is 33.6 Å². The molecule has 0 radical (unpaired) electrons. The second kappa shape index (κ2) is 9.01. The molecule has 4 aromatic rings. The molecule has 0 unspecified atom stereocenters. The Kier molecular flexibility index (Phi) is 6.17. The van der Waals surface area contributed by atoms with Gasteiger partial charge >= 0.3 is 0 Å². The van der Waals surface area contributed by atoms with Crippen molar-refractivity contribution in [1.29, 1.82) is 0 Å². The van der Waals surface area contributed by atoms with E-state index in [4.69, 9.17) is 11.6 Å². The molecule has 158 valence electrons. The van der Waals surface area contributed by atoms with E-state index in [0.717, 1.165) is 16.0 Å². The smallest absolute Gasteiger partial charge is 0.263 e. The Morgan fingerprint density at radius 3 is 2.77 bits per heavy atom. The molecular weight excluding hydrogens is 456 g/mol. The average molecular weight is 473 g/mol. The lowest BCUT2D eigenvalue weighted by molar-refractivity contribution is -0.124. The second-order valence-electron chi connectivity index (χ2n) is 6.79. The number of anilines is 1. The van der Waals surface area contributed by atoms with E-state index in [1.807, 2.05) is 35.9 Å². The molecule has 2 amide bonds. The number of carbonyl (C=O) groups excluding carboxylic acids is 2. The summed E-state index contributed by atoms with van der Waals surface area (Å²) in [6.45, 7) is 1.41. The molecule has 0 aliphatic heterocycles. The van der Waals surface area contributed by atoms with Gasteiger partial charge in [0, 0.05) is 15.8 Å². The summed E-state index contributed by atoms with van der Waals surface area (Å²) in [6, 6.07) is 9.11. The van der Waals surface area contributed by atoms with E-state index in [1.54, 1.807) is 12.1 Å². The Hall–Kier alpha value is -3.01. The molecule has 1 aromatic carbocycles. The van der Waals surface area contributed by atoms with Gasteiger partial charge in [-0.25, -0.2) is 4.98 Å². The minimum atomic E-state index is -0.471. The molecule has 7 nitrogen and oxygen atoms in total. The van der Waals surface area contributed by atoms with Crippen LogP contribution in [0.2, 0.25) is 5.02 Å². The van der Waals surface area contributed by atoms with Gasteiger partial charge in [0.2, 0.25) is 11.8 Å². The Balaban J connectivity index is 1.43. The molecule has 3 heterocycles. The van der Waals surface area contributed by atoms with Crippen molar-refractivity contribution in [3.8, 4) is 10.4 Å². The van der Waals surface area contributed by atoms with Gasteiger partial charge in [-0.15, -0.1) is 22.7 Å². The number of nitrogens with one attached hydrogen (secondary N) is 2. The summed E-state index contributed by atoms with van der Waals surface area (Å²) < 4.78 is 1.25. The van der Waals surface area contributed by atoms with Crippen molar-refractivity contribution in [1.82, 2.24) is 14.9 Å². The van der Waals surface area contributed by atoms with Gasteiger partial charge < -0.3 is 10.6 Å². The molecule has 3 aromatic heterocycles. The molecule has 0 atom stereocenters. The Labute approximate surface area is 190 Å². The fraction of sp³-hybridized carbons (Fsp3) is 0.143. The number of fused-ring (bicyclic) bond motifs is 1. The Morgan fingerprint density at radius 1 is 1.19 bits per heavy atom. The van der Waals surface area contributed by atoms with Gasteiger partial charge in [-0.05, 0) is 36.1 Å². The largest absolute Gasteiger partial charge is 0.345 e. The summed E-state index contributed by atoms with van der Waals surface area (Å²) in [5.41, 5.74) is 1.97. The SMILES string of the molecule is Cc1ccc(NC(=O)CNC(=O)Cn2cnc3scc(-c4cccs4)c3c2=O)c(Cl)c1. The van der Waals surface area contributed by atoms with E-state index >= 15 is 0 Å². The van der Waals surface area contributed by atoms with Crippen molar-refractivity contribution in [2.45, 2.75) is 13.5 Å². The first-order valence-electron chi connectivity index (χ1n) is 9.25. The monoisotopic (exact) mass is 472 g/mol. The normalized spacial score (nSPS) is 10.9. The van der Waals surface area contributed by atoms with Crippen molar-refractivity contribution in [2.24, 2.45) is 0 Å². The first-order valence-corrected chi connectivity index (χ1v) is 11.4. The molecule has 0 aliphatic carbocycles. The van der Waals surface area contributed by atoms with Gasteiger partial charge in [-0.3, -0.25) is 19.0 Å². The maximum absolute atomic E-state index is 12.9. The van der Waals surface area contributed by atoms with Gasteiger partial charge in [0.05, 0.1) is 29.0 Å². The first kappa shape index (κ1) is 21.2. The van der Waals surface area contributed by atoms with Crippen LogP contribution in [0.25, 0.3) is 20.7 Å². The number of aromatic nitrogens is 2. The van der Waals surface area contributed by atoms with Crippen LogP contribution < -0.4 is 16.2 Å². The molecule has 0 spiro atoms. The van der Waals surface area contributed by atoms with Crippen LogP contribution in [0, 0.1) is 6.92 Å². The third-order valence-corrected chi connectivity index (χ3v) is 6.61. The minimum Gasteiger partial charge on any atom is -0.345 e. The van der Waals surface area contributed by atoms with Crippen LogP contribution in [0.1, 0.15) is 5.56 Å². The molecule has 2 N–H and O–H groups in total. The number of carbonyl (C=O) groups is 2. The average Bonchev–Trinajstić information content (AvgIpc) is 3.40. The van der Waals surface area contributed by atoms with Crippen molar-refractivity contribution >= 4 is 62.0 Å². The lowest BCUT2D eigenvalue weighted by Gasteiger charge is -2.10. The maximum atomic E-state index is 12.9. The molecule has 31 heavy (non-hydrogen) atoms. The summed E-state index contributed by atoms with van der Waals surface area (Å²) in [7, 11) is 0. The van der Waals surface area contributed by atoms with Crippen LogP contribution in [0.3, 0.4) is 0 Å². The summed E-state index contributed by atoms with van der Waals surface area (Å²) >= 11 is 9.03. The minimum absolute atomic E-state index is 0.236. The van der Waals surface area contributed by atoms with Gasteiger partial charge in [-0.2, -0.15) is 0 Å². The Bertz CT molecular complexity index is 1330. The zero-order chi connectivity index (χ0) is 22.0. The van der Waals surface area contributed by atoms with Crippen LogP contribution in [-0.4, -0.2) is 27.9 Å². The highest BCUT2D eigenvalue weighted by Crippen LogP contribution is 2.33. The maximum Gasteiger partial charge on any atom is 0.263 e. The third kappa shape index (κ3) is 4.68. The lowest BCUT2D eigenvalue weighted by atomic mass is 10.2. The molecule has 0 saturated heterocycles. The van der Waals surface area contributed by atoms with E-state index in [0.29, 0.717) is 20.9 Å². The highest BCUT2D eigenvalue weighted by atomic mass is 35.5. The zero-order valence-electron chi connectivity index (χ0n) is 16.3. The standard InChI is InChI=1S/C21H17ClN4O3S2/c1-12-4-5-15(14(22)7-12)25-17(27)8-23-18(28)9-26-11-24-20-19(21(26)29)13(10-31-20)16-3-2-6-30-16/h2-7,10-11H,8-9H2,1H3,(H,23,28)(H,25,27). The predicted octanol–water partition coefficient (Wildman–Crippen LogP) is 3.90. The van der Waals surface area contributed by atoms with E-state index in [2.05, 4.69) is 15.6 Å². The zero-order valence-corrected chi connectivity index (χ0v) is 18.7. The fourth-order valence-electron chi connectivity index (χ4n) is 3.00. The topological polar surface area (TPSA) is 93.1 Å². The van der Waals surface area contributed by atoms with Gasteiger partial charge in [0.15, 0.2) is 0 Å². The predicted molar refractivity (Wildman–Crippen MR) is 125 cm³/mol. The highest BCUT2D eigenvalue weighted by Gasteiger charge is 2.15. The highest BCUT2D eigenvalue weighted by molar-refractivity contribution is 7.18. The lowest BCUT2D eigenvalue weighted by Crippen LogP contribution is -2.37. The van der Waals surface area contributed by atoms with Gasteiger partial charge in [0.25, 0.3) is 5.56 Å². The summed E-state index contributed by atoms with van der Waals surface area (Å²) in [4.78, 5) is 43.3. The number of rotatable bonds is 6. The van der Waals surface area contributed by atoms with Crippen LogP contribution in [0.4, 0.5) is 5.69 Å². The molecule has 0 fully saturated rings. The summed E-state index contributed by atoms with van der Waals surface area (Å²) in [6.07, 6.45) is 1.35. The molecular formula is C21H17ClN4O3S2. The van der Waals surface area contributed by atoms with Crippen molar-refractivity contribution in [3.05, 3.63) is 68.4 Å². The van der Waals surface area contributed by atoms with E-state index < -0.39 is 11.8 Å². The van der Waals surface area contributed by atoms with E-state index in [9.17, 15) is 14.4 Å². The molecule has 0 bridgehead atoms. The number of hydrogen-bond donors (Lipinski definition) is 2. The fourth-order valence-corrected chi connectivity index (χ4v) is 5.00. The van der Waals surface area contributed by atoms with Crippen LogP contribution in [0.5, 0.6) is 0 Å². The summed E-state index contributed by atoms with van der Waals surface area (Å²) in [5, 5.41) is 9.92. The number of thiophene rings is 2. The third-order valence-electron chi connectivity index (χ3n) is 4.51. The van der Waals surface area contributed by atoms with Crippen LogP contribution in [0.15, 0.2) is 52.2 Å². The number of halogens is 1. The van der Waals surface area contributed by atoms with E-state index in [-0.39, 0.29) is 18.6 Å². The number of aryl methyl sites for hydroxylation is 1. The molecule has 4 rings (SSSR count). The second-order valence-corrected chi connectivity index (χ2v) is 9.01. The van der Waals surface area contributed by atoms with Crippen LogP contribution in [-0.2, 0) is 16.1 Å². The molecule has 10 heteroatoms. The number of hydrogen-bond acceptors (Lipinski definition) is 6. The van der Waals surface area contributed by atoms with Crippen LogP contribution >= 0.6 is 34.3 Å². The number of benzene rings is 1. The van der Waals surface area contributed by atoms with Crippen molar-refractivity contribution in [2.75, 3.05) is 11.9 Å². The quantitative estimate of drug-likeness (QED) is 0.445. The van der Waals surface area contributed by atoms with Gasteiger partial charge in [0.1, 0.15) is 11.4 Å². The number of nitrogens with zero attached hydrogens (tertiary/aromatic N) is 2.